The summed E-state index contributed by atoms with van der Waals surface area (Å²) in [6.07, 6.45) is 0. The van der Waals surface area contributed by atoms with Crippen molar-refractivity contribution in [3.8, 4) is 0 Å². The zero-order valence-electron chi connectivity index (χ0n) is 4.56. The van der Waals surface area contributed by atoms with Gasteiger partial charge in [0, 0.05) is 0 Å². The Kier molecular flexibility index (Phi) is 9.65. The van der Waals surface area contributed by atoms with Gasteiger partial charge in [-0.2, -0.15) is 0 Å². The Hall–Kier alpha value is 0.822. The number of hydrogen-bond donors (Lipinski definition) is 0. The lowest BCUT2D eigenvalue weighted by molar-refractivity contribution is 1.06. The van der Waals surface area contributed by atoms with Gasteiger partial charge in [-0.1, -0.05) is 18.6 Å². The average molecular weight is 122 g/mol. The fourth-order valence-electron chi connectivity index (χ4n) is 0. The monoisotopic (exact) mass is 121 g/mol. The highest BCUT2D eigenvalue weighted by atomic mass is 35.5. The van der Waals surface area contributed by atoms with Crippen LogP contribution in [0.5, 0.6) is 0 Å². The van der Waals surface area contributed by atoms with E-state index in [0.717, 1.165) is 20.0 Å². The van der Waals surface area contributed by atoms with Gasteiger partial charge >= 0.3 is 0 Å². The minimum atomic E-state index is 0. The van der Waals surface area contributed by atoms with Crippen LogP contribution in [0.3, 0.4) is 0 Å². The van der Waals surface area contributed by atoms with Crippen molar-refractivity contribution in [3.63, 3.8) is 0 Å². The maximum absolute atomic E-state index is 2.28. The van der Waals surface area contributed by atoms with Gasteiger partial charge in [-0.15, -0.1) is 18.2 Å². The Morgan fingerprint density at radius 3 is 1.50 bits per heavy atom. The van der Waals surface area contributed by atoms with E-state index in [1.54, 1.807) is 0 Å². The van der Waals surface area contributed by atoms with Crippen LogP contribution in [0.4, 0.5) is 0 Å². The molecule has 0 rings (SSSR count). The maximum Gasteiger partial charge on any atom is 0.199 e. The van der Waals surface area contributed by atoms with Gasteiger partial charge < -0.3 is 0 Å². The average Bonchev–Trinajstić information content (AvgIpc) is 1.38. The van der Waals surface area contributed by atoms with Crippen LogP contribution in [0.2, 0.25) is 10.6 Å². The van der Waals surface area contributed by atoms with Gasteiger partial charge in [-0.05, 0) is 0 Å². The van der Waals surface area contributed by atoms with Crippen LogP contribution >= 0.6 is 12.4 Å². The van der Waals surface area contributed by atoms with Crippen molar-refractivity contribution in [1.29, 1.82) is 0 Å². The van der Waals surface area contributed by atoms with Gasteiger partial charge in [0.15, 0.2) is 15.2 Å². The first-order valence-corrected chi connectivity index (χ1v) is 3.89. The lowest BCUT2D eigenvalue weighted by Crippen LogP contribution is -1.83. The predicted octanol–water partition coefficient (Wildman–Crippen LogP) is 1.99. The minimum absolute atomic E-state index is 0. The lowest BCUT2D eigenvalue weighted by Gasteiger charge is -1.87. The molecule has 0 saturated carbocycles. The molecule has 0 aliphatic heterocycles. The van der Waals surface area contributed by atoms with Crippen LogP contribution in [0.25, 0.3) is 0 Å². The molecule has 0 aromatic heterocycles. The third-order valence-corrected chi connectivity index (χ3v) is 2.00. The van der Waals surface area contributed by atoms with E-state index in [1.165, 1.54) is 0 Å². The van der Waals surface area contributed by atoms with Gasteiger partial charge in [-0.25, -0.2) is 0 Å². The highest BCUT2D eigenvalue weighted by Crippen LogP contribution is 1.92. The van der Waals surface area contributed by atoms with Crippen LogP contribution in [0.1, 0.15) is 13.8 Å². The molecule has 0 aliphatic carbocycles. The maximum atomic E-state index is 2.28. The van der Waals surface area contributed by atoms with E-state index in [1.807, 2.05) is 0 Å². The third-order valence-electron chi connectivity index (χ3n) is 0.667. The summed E-state index contributed by atoms with van der Waals surface area (Å²) in [5.41, 5.74) is 0. The van der Waals surface area contributed by atoms with E-state index >= 15 is 0 Å². The number of halogens is 1. The molecule has 0 atom stereocenters. The molecule has 0 aliphatic rings. The van der Waals surface area contributed by atoms with Gasteiger partial charge in [0.1, 0.15) is 0 Å². The largest absolute Gasteiger partial charge is 0.199 e. The van der Waals surface area contributed by atoms with Crippen molar-refractivity contribution >= 4 is 27.6 Å². The first kappa shape index (κ1) is 9.95. The molecule has 0 amide bonds. The summed E-state index contributed by atoms with van der Waals surface area (Å²) < 4.78 is 0.968. The summed E-state index contributed by atoms with van der Waals surface area (Å²) in [6.45, 7) is 4.52. The molecule has 0 nitrogen and oxygen atoms in total. The molecule has 0 spiro atoms. The molecular weight excluding hydrogens is 110 g/mol. The third kappa shape index (κ3) is 8.85. The molecule has 0 saturated heterocycles. The molecule has 0 heterocycles. The van der Waals surface area contributed by atoms with Crippen molar-refractivity contribution in [2.45, 2.75) is 24.4 Å². The summed E-state index contributed by atoms with van der Waals surface area (Å²) in [5, 5.41) is 0. The SMILES string of the molecule is Cl.[CH3][Al][CH](C)C. The van der Waals surface area contributed by atoms with Crippen molar-refractivity contribution in [1.82, 2.24) is 0 Å². The molecule has 0 bridgehead atoms. The van der Waals surface area contributed by atoms with Gasteiger partial charge in [0.2, 0.25) is 0 Å². The normalized spacial score (nSPS) is 7.33. The van der Waals surface area contributed by atoms with Crippen molar-refractivity contribution in [3.05, 3.63) is 0 Å². The summed E-state index contributed by atoms with van der Waals surface area (Å²) in [6, 6.07) is 0. The molecule has 2 heteroatoms. The Morgan fingerprint density at radius 2 is 1.50 bits per heavy atom. The second-order valence-corrected chi connectivity index (χ2v) is 3.58. The van der Waals surface area contributed by atoms with Crippen LogP contribution in [0, 0.1) is 0 Å². The van der Waals surface area contributed by atoms with Gasteiger partial charge in [-0.3, -0.25) is 0 Å². The quantitative estimate of drug-likeness (QED) is 0.466. The standard InChI is InChI=1S/C3H7.CH3.Al.ClH/c1-3-2;;;/h3H,1-2H3;1H3;;1H. The van der Waals surface area contributed by atoms with E-state index in [4.69, 9.17) is 0 Å². The molecule has 0 unspecified atom stereocenters. The van der Waals surface area contributed by atoms with E-state index in [0.29, 0.717) is 0 Å². The zero-order valence-corrected chi connectivity index (χ0v) is 6.53. The van der Waals surface area contributed by atoms with Crippen LogP contribution in [-0.4, -0.2) is 15.2 Å². The lowest BCUT2D eigenvalue weighted by atomic mass is 10.6. The van der Waals surface area contributed by atoms with Crippen LogP contribution in [0.15, 0.2) is 0 Å². The molecule has 1 radical (unpaired) electrons. The smallest absolute Gasteiger partial charge is 0.147 e. The van der Waals surface area contributed by atoms with Crippen LogP contribution < -0.4 is 0 Å². The fraction of sp³-hybridized carbons (Fsp3) is 1.00. The van der Waals surface area contributed by atoms with Crippen LogP contribution in [-0.2, 0) is 0 Å². The summed E-state index contributed by atoms with van der Waals surface area (Å²) in [5.74, 6) is 2.28. The second kappa shape index (κ2) is 5.82. The predicted molar refractivity (Wildman–Crippen MR) is 34.0 cm³/mol. The molecule has 0 fully saturated rings. The molecule has 37 valence electrons. The van der Waals surface area contributed by atoms with E-state index in [-0.39, 0.29) is 12.4 Å². The Bertz CT molecular complexity index is 21.5. The number of hydrogen-bond acceptors (Lipinski definition) is 0. The topological polar surface area (TPSA) is 0 Å². The summed E-state index contributed by atoms with van der Waals surface area (Å²) in [7, 11) is 0. The Morgan fingerprint density at radius 1 is 1.33 bits per heavy atom. The van der Waals surface area contributed by atoms with Crippen molar-refractivity contribution in [2.24, 2.45) is 0 Å². The van der Waals surface area contributed by atoms with Gasteiger partial charge in [0.05, 0.1) is 0 Å². The molecular formula is C4H11AlCl. The first-order chi connectivity index (χ1) is 2.27. The number of rotatable bonds is 1. The summed E-state index contributed by atoms with van der Waals surface area (Å²) >= 11 is 0.731. The highest BCUT2D eigenvalue weighted by molar-refractivity contribution is 6.35. The van der Waals surface area contributed by atoms with E-state index < -0.39 is 0 Å². The Labute approximate surface area is 52.4 Å². The molecule has 6 heavy (non-hydrogen) atoms. The van der Waals surface area contributed by atoms with Gasteiger partial charge in [0.25, 0.3) is 0 Å². The summed E-state index contributed by atoms with van der Waals surface area (Å²) in [4.78, 5) is 0. The van der Waals surface area contributed by atoms with E-state index in [9.17, 15) is 0 Å². The minimum Gasteiger partial charge on any atom is -0.147 e. The first-order valence-electron chi connectivity index (χ1n) is 2.07. The Balaban J connectivity index is 0. The van der Waals surface area contributed by atoms with Crippen molar-refractivity contribution < 1.29 is 0 Å². The fourth-order valence-corrected chi connectivity index (χ4v) is 0. The molecule has 0 aromatic carbocycles. The second-order valence-electron chi connectivity index (χ2n) is 1.58. The molecule has 0 aromatic rings. The zero-order chi connectivity index (χ0) is 4.28. The highest BCUT2D eigenvalue weighted by Gasteiger charge is 1.84. The molecule has 0 N–H and O–H groups in total. The van der Waals surface area contributed by atoms with E-state index in [2.05, 4.69) is 19.6 Å². The van der Waals surface area contributed by atoms with Crippen molar-refractivity contribution in [2.75, 3.05) is 0 Å².